The van der Waals surface area contributed by atoms with Crippen LogP contribution in [0.15, 0.2) is 29.2 Å². The van der Waals surface area contributed by atoms with Crippen molar-refractivity contribution in [1.82, 2.24) is 4.90 Å². The van der Waals surface area contributed by atoms with Crippen LogP contribution in [-0.2, 0) is 9.59 Å². The van der Waals surface area contributed by atoms with E-state index in [0.29, 0.717) is 18.4 Å². The molecule has 0 spiro atoms. The number of nitrogens with zero attached hydrogens (tertiary/aromatic N) is 1. The Hall–Kier alpha value is -1.49. The van der Waals surface area contributed by atoms with Crippen molar-refractivity contribution in [3.8, 4) is 0 Å². The number of amides is 2. The van der Waals surface area contributed by atoms with Crippen molar-refractivity contribution >= 4 is 29.3 Å². The molecule has 5 heteroatoms. The molecular formula is C20H26N2O2S. The van der Waals surface area contributed by atoms with Gasteiger partial charge < -0.3 is 10.2 Å². The first-order valence-electron chi connectivity index (χ1n) is 9.58. The molecule has 1 aromatic carbocycles. The fraction of sp³-hybridized carbons (Fsp3) is 0.600. The Kier molecular flexibility index (Phi) is 5.02. The van der Waals surface area contributed by atoms with E-state index < -0.39 is 0 Å². The fourth-order valence-electron chi connectivity index (χ4n) is 4.61. The average molecular weight is 359 g/mol. The van der Waals surface area contributed by atoms with Crippen molar-refractivity contribution < 1.29 is 9.59 Å². The molecule has 2 aliphatic heterocycles. The molecule has 3 aliphatic rings. The SMILES string of the molecule is O=C1Nc2ccccc2SC1CC(=O)N1CCCC1C1CCCCC1. The number of carbonyl (C=O) groups is 2. The summed E-state index contributed by atoms with van der Waals surface area (Å²) in [6.07, 6.45) is 9.05. The Morgan fingerprint density at radius 3 is 2.76 bits per heavy atom. The molecule has 2 heterocycles. The third kappa shape index (κ3) is 3.57. The predicted octanol–water partition coefficient (Wildman–Crippen LogP) is 4.06. The number of thioether (sulfide) groups is 1. The van der Waals surface area contributed by atoms with Crippen LogP contribution in [0.3, 0.4) is 0 Å². The molecule has 2 amide bonds. The van der Waals surface area contributed by atoms with Crippen LogP contribution >= 0.6 is 11.8 Å². The topological polar surface area (TPSA) is 49.4 Å². The Bertz CT molecular complexity index is 657. The molecule has 0 bridgehead atoms. The fourth-order valence-corrected chi connectivity index (χ4v) is 5.72. The van der Waals surface area contributed by atoms with Crippen LogP contribution in [0, 0.1) is 5.92 Å². The lowest BCUT2D eigenvalue weighted by Gasteiger charge is -2.35. The zero-order valence-electron chi connectivity index (χ0n) is 14.6. The molecule has 0 radical (unpaired) electrons. The van der Waals surface area contributed by atoms with Crippen molar-refractivity contribution in [3.05, 3.63) is 24.3 Å². The summed E-state index contributed by atoms with van der Waals surface area (Å²) in [7, 11) is 0. The number of carbonyl (C=O) groups excluding carboxylic acids is 2. The molecule has 4 rings (SSSR count). The molecule has 1 aliphatic carbocycles. The number of hydrogen-bond donors (Lipinski definition) is 1. The van der Waals surface area contributed by atoms with Crippen LogP contribution in [0.25, 0.3) is 0 Å². The van der Waals surface area contributed by atoms with Crippen molar-refractivity contribution in [2.24, 2.45) is 5.92 Å². The molecule has 134 valence electrons. The number of anilines is 1. The van der Waals surface area contributed by atoms with Crippen molar-refractivity contribution in [3.63, 3.8) is 0 Å². The second-order valence-corrected chi connectivity index (χ2v) is 8.74. The number of rotatable bonds is 3. The summed E-state index contributed by atoms with van der Waals surface area (Å²) in [5.74, 6) is 0.805. The van der Waals surface area contributed by atoms with Crippen LogP contribution in [0.4, 0.5) is 5.69 Å². The highest BCUT2D eigenvalue weighted by molar-refractivity contribution is 8.01. The maximum Gasteiger partial charge on any atom is 0.238 e. The minimum Gasteiger partial charge on any atom is -0.339 e. The maximum absolute atomic E-state index is 13.0. The third-order valence-corrected chi connectivity index (χ3v) is 7.16. The monoisotopic (exact) mass is 358 g/mol. The van der Waals surface area contributed by atoms with Gasteiger partial charge in [0.25, 0.3) is 0 Å². The molecule has 2 unspecified atom stereocenters. The average Bonchev–Trinajstić information content (AvgIpc) is 3.13. The zero-order chi connectivity index (χ0) is 17.2. The van der Waals surface area contributed by atoms with Gasteiger partial charge in [-0.2, -0.15) is 0 Å². The standard InChI is InChI=1S/C20H26N2O2S/c23-19(22-12-6-10-16(22)14-7-2-1-3-8-14)13-18-20(24)21-15-9-4-5-11-17(15)25-18/h4-5,9,11,14,16,18H,1-3,6-8,10,12-13H2,(H,21,24). The molecular weight excluding hydrogens is 332 g/mol. The van der Waals surface area contributed by atoms with Gasteiger partial charge in [0, 0.05) is 23.9 Å². The predicted molar refractivity (Wildman–Crippen MR) is 101 cm³/mol. The first-order valence-corrected chi connectivity index (χ1v) is 10.5. The van der Waals surface area contributed by atoms with Crippen LogP contribution in [0.2, 0.25) is 0 Å². The first kappa shape index (κ1) is 17.0. The Balaban J connectivity index is 1.42. The number of likely N-dealkylation sites (tertiary alicyclic amines) is 1. The van der Waals surface area contributed by atoms with Gasteiger partial charge in [-0.1, -0.05) is 31.4 Å². The molecule has 4 nitrogen and oxygen atoms in total. The minimum absolute atomic E-state index is 0.0366. The van der Waals surface area contributed by atoms with Crippen LogP contribution < -0.4 is 5.32 Å². The summed E-state index contributed by atoms with van der Waals surface area (Å²) in [6.45, 7) is 0.871. The number of hydrogen-bond acceptors (Lipinski definition) is 3. The summed E-state index contributed by atoms with van der Waals surface area (Å²) < 4.78 is 0. The molecule has 0 aromatic heterocycles. The number of fused-ring (bicyclic) bond motifs is 1. The van der Waals surface area contributed by atoms with Gasteiger partial charge in [-0.15, -0.1) is 11.8 Å². The van der Waals surface area contributed by atoms with E-state index in [1.807, 2.05) is 24.3 Å². The molecule has 25 heavy (non-hydrogen) atoms. The Labute approximate surface area is 153 Å². The zero-order valence-corrected chi connectivity index (χ0v) is 15.4. The summed E-state index contributed by atoms with van der Waals surface area (Å²) in [4.78, 5) is 28.5. The van der Waals surface area contributed by atoms with E-state index in [0.717, 1.165) is 30.0 Å². The van der Waals surface area contributed by atoms with Crippen molar-refractivity contribution in [2.75, 3.05) is 11.9 Å². The van der Waals surface area contributed by atoms with Crippen LogP contribution in [0.5, 0.6) is 0 Å². The third-order valence-electron chi connectivity index (χ3n) is 5.88. The molecule has 2 atom stereocenters. The van der Waals surface area contributed by atoms with E-state index in [1.165, 1.54) is 43.9 Å². The quantitative estimate of drug-likeness (QED) is 0.886. The highest BCUT2D eigenvalue weighted by atomic mass is 32.2. The lowest BCUT2D eigenvalue weighted by molar-refractivity contribution is -0.134. The van der Waals surface area contributed by atoms with Gasteiger partial charge in [-0.3, -0.25) is 9.59 Å². The maximum atomic E-state index is 13.0. The highest BCUT2D eigenvalue weighted by Gasteiger charge is 2.37. The van der Waals surface area contributed by atoms with E-state index >= 15 is 0 Å². The smallest absolute Gasteiger partial charge is 0.238 e. The van der Waals surface area contributed by atoms with Gasteiger partial charge in [-0.05, 0) is 43.7 Å². The summed E-state index contributed by atoms with van der Waals surface area (Å²) in [5, 5.41) is 2.64. The second-order valence-electron chi connectivity index (χ2n) is 7.49. The molecule has 1 N–H and O–H groups in total. The Morgan fingerprint density at radius 1 is 1.12 bits per heavy atom. The van der Waals surface area contributed by atoms with E-state index in [2.05, 4.69) is 10.2 Å². The molecule has 1 saturated heterocycles. The van der Waals surface area contributed by atoms with E-state index in [4.69, 9.17) is 0 Å². The van der Waals surface area contributed by atoms with Gasteiger partial charge in [0.15, 0.2) is 0 Å². The Morgan fingerprint density at radius 2 is 1.92 bits per heavy atom. The van der Waals surface area contributed by atoms with Gasteiger partial charge in [0.05, 0.1) is 10.9 Å². The van der Waals surface area contributed by atoms with Gasteiger partial charge >= 0.3 is 0 Å². The highest BCUT2D eigenvalue weighted by Crippen LogP contribution is 2.38. The summed E-state index contributed by atoms with van der Waals surface area (Å²) in [5.41, 5.74) is 0.863. The molecule has 2 fully saturated rings. The van der Waals surface area contributed by atoms with Gasteiger partial charge in [-0.25, -0.2) is 0 Å². The lowest BCUT2D eigenvalue weighted by atomic mass is 9.83. The summed E-state index contributed by atoms with van der Waals surface area (Å²) >= 11 is 1.53. The largest absolute Gasteiger partial charge is 0.339 e. The second kappa shape index (κ2) is 7.40. The van der Waals surface area contributed by atoms with E-state index in [9.17, 15) is 9.59 Å². The van der Waals surface area contributed by atoms with Crippen LogP contribution in [-0.4, -0.2) is 34.6 Å². The van der Waals surface area contributed by atoms with E-state index in [1.54, 1.807) is 0 Å². The normalized spacial score (nSPS) is 27.0. The van der Waals surface area contributed by atoms with Gasteiger partial charge in [0.1, 0.15) is 0 Å². The van der Waals surface area contributed by atoms with Crippen LogP contribution in [0.1, 0.15) is 51.4 Å². The summed E-state index contributed by atoms with van der Waals surface area (Å²) in [6, 6.07) is 8.23. The van der Waals surface area contributed by atoms with E-state index in [-0.39, 0.29) is 17.1 Å². The first-order chi connectivity index (χ1) is 12.2. The lowest BCUT2D eigenvalue weighted by Crippen LogP contribution is -2.43. The number of benzene rings is 1. The molecule has 1 aromatic rings. The van der Waals surface area contributed by atoms with Crippen molar-refractivity contribution in [1.29, 1.82) is 0 Å². The molecule has 1 saturated carbocycles. The number of para-hydroxylation sites is 1. The minimum atomic E-state index is -0.310. The number of nitrogens with one attached hydrogen (secondary N) is 1. The van der Waals surface area contributed by atoms with Gasteiger partial charge in [0.2, 0.25) is 11.8 Å². The van der Waals surface area contributed by atoms with Crippen molar-refractivity contribution in [2.45, 2.75) is 67.6 Å².